The van der Waals surface area contributed by atoms with Gasteiger partial charge in [0.2, 0.25) is 0 Å². The maximum Gasteiger partial charge on any atom is 0.142 e. The van der Waals surface area contributed by atoms with Crippen LogP contribution in [0.15, 0.2) is 30.5 Å². The highest BCUT2D eigenvalue weighted by molar-refractivity contribution is 5.52. The lowest BCUT2D eigenvalue weighted by atomic mass is 10.1. The molecule has 0 saturated carbocycles. The van der Waals surface area contributed by atoms with Crippen molar-refractivity contribution >= 4 is 5.69 Å². The molecule has 1 aromatic heterocycles. The second-order valence-electron chi connectivity index (χ2n) is 4.37. The summed E-state index contributed by atoms with van der Waals surface area (Å²) < 4.78 is 11.1. The third-order valence-electron chi connectivity index (χ3n) is 3.03. The summed E-state index contributed by atoms with van der Waals surface area (Å²) in [6.07, 6.45) is 1.79. The Balaban J connectivity index is 2.19. The van der Waals surface area contributed by atoms with Crippen LogP contribution in [0.5, 0.6) is 11.5 Å². The lowest BCUT2D eigenvalue weighted by molar-refractivity contribution is 0.300. The van der Waals surface area contributed by atoms with Crippen LogP contribution in [0.25, 0.3) is 0 Å². The van der Waals surface area contributed by atoms with Gasteiger partial charge in [-0.3, -0.25) is 4.98 Å². The number of ether oxygens (including phenoxy) is 2. The molecular formula is C15H18N2O2. The molecule has 0 unspecified atom stereocenters. The SMILES string of the molecule is COc1c(C)cnc(COc2ccccc2N)c1C. The van der Waals surface area contributed by atoms with E-state index in [1.54, 1.807) is 13.3 Å². The quantitative estimate of drug-likeness (QED) is 0.857. The monoisotopic (exact) mass is 258 g/mol. The van der Waals surface area contributed by atoms with Crippen molar-refractivity contribution in [2.45, 2.75) is 20.5 Å². The van der Waals surface area contributed by atoms with Gasteiger partial charge >= 0.3 is 0 Å². The summed E-state index contributed by atoms with van der Waals surface area (Å²) in [5.41, 5.74) is 9.32. The van der Waals surface area contributed by atoms with E-state index in [4.69, 9.17) is 15.2 Å². The van der Waals surface area contributed by atoms with Gasteiger partial charge < -0.3 is 15.2 Å². The predicted octanol–water partition coefficient (Wildman–Crippen LogP) is 2.87. The molecule has 0 atom stereocenters. The Morgan fingerprint density at radius 3 is 2.63 bits per heavy atom. The minimum absolute atomic E-state index is 0.372. The van der Waals surface area contributed by atoms with Crippen LogP contribution >= 0.6 is 0 Å². The Labute approximate surface area is 113 Å². The molecular weight excluding hydrogens is 240 g/mol. The van der Waals surface area contributed by atoms with E-state index >= 15 is 0 Å². The lowest BCUT2D eigenvalue weighted by Gasteiger charge is -2.13. The zero-order valence-corrected chi connectivity index (χ0v) is 11.4. The van der Waals surface area contributed by atoms with Crippen molar-refractivity contribution in [3.8, 4) is 11.5 Å². The van der Waals surface area contributed by atoms with Gasteiger partial charge in [0.1, 0.15) is 18.1 Å². The van der Waals surface area contributed by atoms with Gasteiger partial charge in [0, 0.05) is 17.3 Å². The molecule has 0 aliphatic carbocycles. The maximum absolute atomic E-state index is 5.83. The molecule has 100 valence electrons. The molecule has 0 fully saturated rings. The number of pyridine rings is 1. The Morgan fingerprint density at radius 1 is 1.21 bits per heavy atom. The molecule has 2 aromatic rings. The largest absolute Gasteiger partial charge is 0.496 e. The molecule has 2 N–H and O–H groups in total. The van der Waals surface area contributed by atoms with Gasteiger partial charge in [-0.05, 0) is 26.0 Å². The topological polar surface area (TPSA) is 57.4 Å². The van der Waals surface area contributed by atoms with Gasteiger partial charge in [0.15, 0.2) is 0 Å². The average Bonchev–Trinajstić information content (AvgIpc) is 2.40. The molecule has 2 rings (SSSR count). The highest BCUT2D eigenvalue weighted by Crippen LogP contribution is 2.26. The fraction of sp³-hybridized carbons (Fsp3) is 0.267. The van der Waals surface area contributed by atoms with Gasteiger partial charge in [-0.2, -0.15) is 0 Å². The summed E-state index contributed by atoms with van der Waals surface area (Å²) in [6.45, 7) is 4.32. The van der Waals surface area contributed by atoms with Crippen LogP contribution in [0.4, 0.5) is 5.69 Å². The first-order valence-electron chi connectivity index (χ1n) is 6.10. The van der Waals surface area contributed by atoms with Gasteiger partial charge in [-0.25, -0.2) is 0 Å². The van der Waals surface area contributed by atoms with E-state index < -0.39 is 0 Å². The molecule has 0 saturated heterocycles. The molecule has 0 bridgehead atoms. The minimum atomic E-state index is 0.372. The van der Waals surface area contributed by atoms with E-state index in [2.05, 4.69) is 4.98 Å². The van der Waals surface area contributed by atoms with Crippen molar-refractivity contribution in [3.63, 3.8) is 0 Å². The third-order valence-corrected chi connectivity index (χ3v) is 3.03. The molecule has 0 spiro atoms. The Morgan fingerprint density at radius 2 is 1.95 bits per heavy atom. The number of nitrogens with zero attached hydrogens (tertiary/aromatic N) is 1. The second kappa shape index (κ2) is 5.61. The molecule has 0 aliphatic rings. The number of aryl methyl sites for hydroxylation is 1. The first kappa shape index (κ1) is 13.2. The zero-order chi connectivity index (χ0) is 13.8. The van der Waals surface area contributed by atoms with Crippen molar-refractivity contribution in [2.75, 3.05) is 12.8 Å². The highest BCUT2D eigenvalue weighted by Gasteiger charge is 2.10. The molecule has 19 heavy (non-hydrogen) atoms. The van der Waals surface area contributed by atoms with E-state index in [0.717, 1.165) is 22.6 Å². The smallest absolute Gasteiger partial charge is 0.142 e. The van der Waals surface area contributed by atoms with E-state index in [1.165, 1.54) is 0 Å². The normalized spacial score (nSPS) is 10.3. The van der Waals surface area contributed by atoms with E-state index in [9.17, 15) is 0 Å². The van der Waals surface area contributed by atoms with Crippen molar-refractivity contribution in [1.29, 1.82) is 0 Å². The molecule has 0 amide bonds. The van der Waals surface area contributed by atoms with Crippen LogP contribution < -0.4 is 15.2 Å². The molecule has 4 heteroatoms. The van der Waals surface area contributed by atoms with Crippen LogP contribution in [-0.2, 0) is 6.61 Å². The average molecular weight is 258 g/mol. The number of rotatable bonds is 4. The molecule has 4 nitrogen and oxygen atoms in total. The van der Waals surface area contributed by atoms with E-state index in [1.807, 2.05) is 38.1 Å². The number of hydrogen-bond acceptors (Lipinski definition) is 4. The lowest BCUT2D eigenvalue weighted by Crippen LogP contribution is -2.05. The van der Waals surface area contributed by atoms with Crippen LogP contribution in [-0.4, -0.2) is 12.1 Å². The number of anilines is 1. The first-order valence-corrected chi connectivity index (χ1v) is 6.10. The zero-order valence-electron chi connectivity index (χ0n) is 11.4. The van der Waals surface area contributed by atoms with Crippen LogP contribution in [0, 0.1) is 13.8 Å². The van der Waals surface area contributed by atoms with E-state index in [0.29, 0.717) is 18.0 Å². The predicted molar refractivity (Wildman–Crippen MR) is 75.4 cm³/mol. The van der Waals surface area contributed by atoms with Crippen LogP contribution in [0.1, 0.15) is 16.8 Å². The van der Waals surface area contributed by atoms with Gasteiger partial charge in [0.05, 0.1) is 18.5 Å². The van der Waals surface area contributed by atoms with Crippen LogP contribution in [0.2, 0.25) is 0 Å². The van der Waals surface area contributed by atoms with Crippen molar-refractivity contribution in [3.05, 3.63) is 47.3 Å². The number of aromatic nitrogens is 1. The maximum atomic E-state index is 5.83. The molecule has 1 aromatic carbocycles. The molecule has 0 radical (unpaired) electrons. The van der Waals surface area contributed by atoms with Crippen molar-refractivity contribution in [2.24, 2.45) is 0 Å². The summed E-state index contributed by atoms with van der Waals surface area (Å²) in [4.78, 5) is 4.39. The second-order valence-corrected chi connectivity index (χ2v) is 4.37. The van der Waals surface area contributed by atoms with Crippen molar-refractivity contribution in [1.82, 2.24) is 4.98 Å². The van der Waals surface area contributed by atoms with E-state index in [-0.39, 0.29) is 0 Å². The summed E-state index contributed by atoms with van der Waals surface area (Å²) in [7, 11) is 1.66. The van der Waals surface area contributed by atoms with Gasteiger partial charge in [-0.1, -0.05) is 12.1 Å². The number of nitrogens with two attached hydrogens (primary N) is 1. The Bertz CT molecular complexity index is 582. The fourth-order valence-corrected chi connectivity index (χ4v) is 1.97. The number of nitrogen functional groups attached to an aromatic ring is 1. The number of hydrogen-bond donors (Lipinski definition) is 1. The van der Waals surface area contributed by atoms with Gasteiger partial charge in [0.25, 0.3) is 0 Å². The number of methoxy groups -OCH3 is 1. The minimum Gasteiger partial charge on any atom is -0.496 e. The standard InChI is InChI=1S/C15H18N2O2/c1-10-8-17-13(11(2)15(10)18-3)9-19-14-7-5-4-6-12(14)16/h4-8H,9,16H2,1-3H3. The number of benzene rings is 1. The Kier molecular flexibility index (Phi) is 3.90. The van der Waals surface area contributed by atoms with Crippen molar-refractivity contribution < 1.29 is 9.47 Å². The van der Waals surface area contributed by atoms with Crippen LogP contribution in [0.3, 0.4) is 0 Å². The summed E-state index contributed by atoms with van der Waals surface area (Å²) in [6, 6.07) is 7.42. The third kappa shape index (κ3) is 2.78. The molecule has 0 aliphatic heterocycles. The summed E-state index contributed by atoms with van der Waals surface area (Å²) in [5, 5.41) is 0. The highest BCUT2D eigenvalue weighted by atomic mass is 16.5. The first-order chi connectivity index (χ1) is 9.13. The molecule has 1 heterocycles. The number of para-hydroxylation sites is 2. The van der Waals surface area contributed by atoms with Gasteiger partial charge in [-0.15, -0.1) is 0 Å². The fourth-order valence-electron chi connectivity index (χ4n) is 1.97. The Hall–Kier alpha value is -2.23. The summed E-state index contributed by atoms with van der Waals surface area (Å²) in [5.74, 6) is 1.53. The summed E-state index contributed by atoms with van der Waals surface area (Å²) >= 11 is 0.